The van der Waals surface area contributed by atoms with E-state index in [0.29, 0.717) is 10.8 Å². The molecule has 0 N–H and O–H groups in total. The number of aryl methyl sites for hydroxylation is 1. The summed E-state index contributed by atoms with van der Waals surface area (Å²) in [5.41, 5.74) is 2.06. The van der Waals surface area contributed by atoms with Crippen LogP contribution in [0, 0.1) is 0 Å². The fourth-order valence-corrected chi connectivity index (χ4v) is 3.15. The third-order valence-corrected chi connectivity index (χ3v) is 4.50. The molecular formula is C19H20ClNO2. The van der Waals surface area contributed by atoms with Crippen molar-refractivity contribution in [2.75, 3.05) is 11.4 Å². The van der Waals surface area contributed by atoms with Crippen LogP contribution in [0.4, 0.5) is 5.69 Å². The lowest BCUT2D eigenvalue weighted by atomic mass is 10.1. The molecule has 3 rings (SSSR count). The number of ether oxygens (including phenoxy) is 1. The van der Waals surface area contributed by atoms with Crippen LogP contribution in [0.2, 0.25) is 5.02 Å². The van der Waals surface area contributed by atoms with Crippen molar-refractivity contribution in [3.63, 3.8) is 0 Å². The van der Waals surface area contributed by atoms with Crippen LogP contribution in [0.1, 0.15) is 25.3 Å². The molecule has 1 heterocycles. The average Bonchev–Trinajstić information content (AvgIpc) is 3.06. The normalized spacial score (nSPS) is 17.3. The zero-order valence-corrected chi connectivity index (χ0v) is 13.9. The average molecular weight is 330 g/mol. The molecule has 1 fully saturated rings. The van der Waals surface area contributed by atoms with Gasteiger partial charge in [-0.3, -0.25) is 0 Å². The van der Waals surface area contributed by atoms with Crippen molar-refractivity contribution >= 4 is 23.3 Å². The number of halogens is 1. The van der Waals surface area contributed by atoms with Crippen molar-refractivity contribution in [3.05, 3.63) is 59.1 Å². The molecule has 0 radical (unpaired) electrons. The van der Waals surface area contributed by atoms with Crippen LogP contribution in [-0.2, 0) is 11.2 Å². The summed E-state index contributed by atoms with van der Waals surface area (Å²) >= 11 is 5.95. The van der Waals surface area contributed by atoms with E-state index in [-0.39, 0.29) is 12.0 Å². The number of hydrogen-bond donors (Lipinski definition) is 0. The minimum absolute atomic E-state index is 0.182. The molecule has 0 aromatic heterocycles. The van der Waals surface area contributed by atoms with Gasteiger partial charge in [0.25, 0.3) is 0 Å². The highest BCUT2D eigenvalue weighted by Gasteiger charge is 2.32. The van der Waals surface area contributed by atoms with E-state index in [2.05, 4.69) is 11.8 Å². The minimum atomic E-state index is -0.235. The molecule has 0 saturated carbocycles. The number of benzene rings is 2. The fourth-order valence-electron chi connectivity index (χ4n) is 3.03. The molecule has 120 valence electrons. The van der Waals surface area contributed by atoms with Crippen molar-refractivity contribution in [3.8, 4) is 5.75 Å². The van der Waals surface area contributed by atoms with E-state index in [9.17, 15) is 4.79 Å². The van der Waals surface area contributed by atoms with Gasteiger partial charge in [-0.05, 0) is 55.2 Å². The number of hydrogen-bond acceptors (Lipinski definition) is 3. The van der Waals surface area contributed by atoms with Crippen molar-refractivity contribution in [1.29, 1.82) is 0 Å². The van der Waals surface area contributed by atoms with Crippen LogP contribution in [0.25, 0.3) is 0 Å². The highest BCUT2D eigenvalue weighted by molar-refractivity contribution is 6.30. The highest BCUT2D eigenvalue weighted by atomic mass is 35.5. The third kappa shape index (κ3) is 3.50. The van der Waals surface area contributed by atoms with Crippen molar-refractivity contribution in [2.24, 2.45) is 0 Å². The van der Waals surface area contributed by atoms with Gasteiger partial charge in [0.15, 0.2) is 0 Å². The molecule has 2 aromatic carbocycles. The van der Waals surface area contributed by atoms with Crippen LogP contribution < -0.4 is 9.64 Å². The highest BCUT2D eigenvalue weighted by Crippen LogP contribution is 2.28. The lowest BCUT2D eigenvalue weighted by Gasteiger charge is -2.25. The lowest BCUT2D eigenvalue weighted by Crippen LogP contribution is -2.38. The standard InChI is InChI=1S/C19H20ClNO2/c1-2-14-6-3-4-8-18(14)23-19(22)17-7-5-13-21(17)16-11-9-15(20)10-12-16/h3-4,6,8-12,17H,2,5,7,13H2,1H3. The summed E-state index contributed by atoms with van der Waals surface area (Å²) in [6.07, 6.45) is 2.64. The summed E-state index contributed by atoms with van der Waals surface area (Å²) in [6.45, 7) is 2.92. The van der Waals surface area contributed by atoms with Gasteiger partial charge in [0.1, 0.15) is 11.8 Å². The summed E-state index contributed by atoms with van der Waals surface area (Å²) in [7, 11) is 0. The second-order valence-corrected chi connectivity index (χ2v) is 6.15. The maximum absolute atomic E-state index is 12.6. The maximum Gasteiger partial charge on any atom is 0.334 e. The zero-order valence-electron chi connectivity index (χ0n) is 13.2. The quantitative estimate of drug-likeness (QED) is 0.612. The third-order valence-electron chi connectivity index (χ3n) is 4.25. The molecule has 4 heteroatoms. The van der Waals surface area contributed by atoms with E-state index in [4.69, 9.17) is 16.3 Å². The molecule has 1 saturated heterocycles. The summed E-state index contributed by atoms with van der Waals surface area (Å²) in [4.78, 5) is 14.7. The first-order valence-electron chi connectivity index (χ1n) is 8.01. The molecule has 0 spiro atoms. The maximum atomic E-state index is 12.6. The van der Waals surface area contributed by atoms with Gasteiger partial charge in [-0.15, -0.1) is 0 Å². The van der Waals surface area contributed by atoms with Gasteiger partial charge in [0.05, 0.1) is 0 Å². The number of para-hydroxylation sites is 1. The summed E-state index contributed by atoms with van der Waals surface area (Å²) in [6, 6.07) is 15.1. The SMILES string of the molecule is CCc1ccccc1OC(=O)C1CCCN1c1ccc(Cl)cc1. The Hall–Kier alpha value is -2.00. The van der Waals surface area contributed by atoms with Crippen LogP contribution in [0.5, 0.6) is 5.75 Å². The van der Waals surface area contributed by atoms with Crippen LogP contribution >= 0.6 is 11.6 Å². The van der Waals surface area contributed by atoms with Crippen molar-refractivity contribution in [2.45, 2.75) is 32.2 Å². The molecule has 0 bridgehead atoms. The Morgan fingerprint density at radius 1 is 1.22 bits per heavy atom. The van der Waals surface area contributed by atoms with Gasteiger partial charge in [-0.1, -0.05) is 36.7 Å². The molecule has 0 amide bonds. The van der Waals surface area contributed by atoms with Gasteiger partial charge >= 0.3 is 5.97 Å². The smallest absolute Gasteiger partial charge is 0.334 e. The Bertz CT molecular complexity index is 684. The predicted molar refractivity (Wildman–Crippen MR) is 93.3 cm³/mol. The molecule has 3 nitrogen and oxygen atoms in total. The second kappa shape index (κ2) is 7.05. The Kier molecular flexibility index (Phi) is 4.87. The zero-order chi connectivity index (χ0) is 16.2. The first-order chi connectivity index (χ1) is 11.2. The monoisotopic (exact) mass is 329 g/mol. The van der Waals surface area contributed by atoms with Gasteiger partial charge in [0.2, 0.25) is 0 Å². The van der Waals surface area contributed by atoms with Crippen molar-refractivity contribution in [1.82, 2.24) is 0 Å². The molecule has 1 aliphatic rings. The number of carbonyl (C=O) groups is 1. The largest absolute Gasteiger partial charge is 0.425 e. The van der Waals surface area contributed by atoms with Gasteiger partial charge in [-0.2, -0.15) is 0 Å². The van der Waals surface area contributed by atoms with E-state index in [0.717, 1.165) is 37.1 Å². The fraction of sp³-hybridized carbons (Fsp3) is 0.316. The second-order valence-electron chi connectivity index (χ2n) is 5.71. The molecule has 1 unspecified atom stereocenters. The molecule has 1 atom stereocenters. The first-order valence-corrected chi connectivity index (χ1v) is 8.38. The molecule has 2 aromatic rings. The Morgan fingerprint density at radius 3 is 2.70 bits per heavy atom. The first kappa shape index (κ1) is 15.9. The number of rotatable bonds is 4. The van der Waals surface area contributed by atoms with Crippen LogP contribution in [-0.4, -0.2) is 18.6 Å². The van der Waals surface area contributed by atoms with Crippen molar-refractivity contribution < 1.29 is 9.53 Å². The van der Waals surface area contributed by atoms with Gasteiger partial charge < -0.3 is 9.64 Å². The van der Waals surface area contributed by atoms with E-state index in [1.165, 1.54) is 0 Å². The number of carbonyl (C=O) groups excluding carboxylic acids is 1. The molecular weight excluding hydrogens is 310 g/mol. The number of nitrogens with zero attached hydrogens (tertiary/aromatic N) is 1. The lowest BCUT2D eigenvalue weighted by molar-refractivity contribution is -0.135. The Morgan fingerprint density at radius 2 is 1.96 bits per heavy atom. The van der Waals surface area contributed by atoms with Gasteiger partial charge in [-0.25, -0.2) is 4.79 Å². The van der Waals surface area contributed by atoms with E-state index >= 15 is 0 Å². The topological polar surface area (TPSA) is 29.5 Å². The van der Waals surface area contributed by atoms with E-state index in [1.54, 1.807) is 0 Å². The minimum Gasteiger partial charge on any atom is -0.425 e. The predicted octanol–water partition coefficient (Wildman–Crippen LogP) is 4.48. The molecule has 0 aliphatic carbocycles. The van der Waals surface area contributed by atoms with Gasteiger partial charge in [0, 0.05) is 17.3 Å². The van der Waals surface area contributed by atoms with Crippen LogP contribution in [0.3, 0.4) is 0 Å². The Labute approximate surface area is 141 Å². The molecule has 1 aliphatic heterocycles. The summed E-state index contributed by atoms with van der Waals surface area (Å²) in [5.74, 6) is 0.487. The Balaban J connectivity index is 1.77. The summed E-state index contributed by atoms with van der Waals surface area (Å²) in [5, 5.41) is 0.698. The van der Waals surface area contributed by atoms with E-state index < -0.39 is 0 Å². The summed E-state index contributed by atoms with van der Waals surface area (Å²) < 4.78 is 5.69. The van der Waals surface area contributed by atoms with Crippen LogP contribution in [0.15, 0.2) is 48.5 Å². The molecule has 23 heavy (non-hydrogen) atoms. The number of anilines is 1. The van der Waals surface area contributed by atoms with E-state index in [1.807, 2.05) is 48.5 Å². The number of esters is 1.